The number of hydrazine groups is 1. The van der Waals surface area contributed by atoms with E-state index in [0.717, 1.165) is 54.9 Å². The fourth-order valence-corrected chi connectivity index (χ4v) is 2.69. The standard InChI is InChI=1S/C14H25N5/c1-4-6-12-16-13(18-15)10(3)14(17-12)19-8-7-11(5-2)9-19/h11H,4-9,15H2,1-3H3,(H,16,17,18). The monoisotopic (exact) mass is 263 g/mol. The van der Waals surface area contributed by atoms with Crippen molar-refractivity contribution >= 4 is 11.6 Å². The van der Waals surface area contributed by atoms with Crippen LogP contribution in [0, 0.1) is 12.8 Å². The number of nitrogen functional groups attached to an aromatic ring is 1. The van der Waals surface area contributed by atoms with E-state index in [0.29, 0.717) is 0 Å². The van der Waals surface area contributed by atoms with E-state index in [-0.39, 0.29) is 0 Å². The minimum absolute atomic E-state index is 0.758. The molecule has 1 aliphatic heterocycles. The highest BCUT2D eigenvalue weighted by atomic mass is 15.3. The van der Waals surface area contributed by atoms with Gasteiger partial charge in [0.05, 0.1) is 0 Å². The summed E-state index contributed by atoms with van der Waals surface area (Å²) in [4.78, 5) is 11.6. The number of hydrogen-bond acceptors (Lipinski definition) is 5. The molecule has 0 amide bonds. The number of nitrogens with one attached hydrogen (secondary N) is 1. The van der Waals surface area contributed by atoms with Gasteiger partial charge in [-0.05, 0) is 25.7 Å². The number of nitrogens with two attached hydrogens (primary N) is 1. The Hall–Kier alpha value is -1.36. The molecule has 1 fully saturated rings. The predicted molar refractivity (Wildman–Crippen MR) is 79.2 cm³/mol. The van der Waals surface area contributed by atoms with Crippen LogP contribution in [0.5, 0.6) is 0 Å². The number of aromatic nitrogens is 2. The molecule has 5 heteroatoms. The first kappa shape index (κ1) is 14.1. The largest absolute Gasteiger partial charge is 0.356 e. The van der Waals surface area contributed by atoms with Gasteiger partial charge in [-0.25, -0.2) is 15.8 Å². The Morgan fingerprint density at radius 2 is 2.16 bits per heavy atom. The fourth-order valence-electron chi connectivity index (χ4n) is 2.69. The summed E-state index contributed by atoms with van der Waals surface area (Å²) in [5, 5.41) is 0. The van der Waals surface area contributed by atoms with Gasteiger partial charge >= 0.3 is 0 Å². The predicted octanol–water partition coefficient (Wildman–Crippen LogP) is 2.26. The van der Waals surface area contributed by atoms with Crippen molar-refractivity contribution in [2.24, 2.45) is 11.8 Å². The summed E-state index contributed by atoms with van der Waals surface area (Å²) >= 11 is 0. The fraction of sp³-hybridized carbons (Fsp3) is 0.714. The van der Waals surface area contributed by atoms with Crippen molar-refractivity contribution in [2.75, 3.05) is 23.4 Å². The third-order valence-electron chi connectivity index (χ3n) is 3.94. The van der Waals surface area contributed by atoms with Crippen LogP contribution in [0.2, 0.25) is 0 Å². The number of rotatable bonds is 5. The molecule has 1 unspecified atom stereocenters. The summed E-state index contributed by atoms with van der Waals surface area (Å²) < 4.78 is 0. The van der Waals surface area contributed by atoms with Crippen LogP contribution in [0.3, 0.4) is 0 Å². The number of anilines is 2. The van der Waals surface area contributed by atoms with Gasteiger partial charge in [0.25, 0.3) is 0 Å². The van der Waals surface area contributed by atoms with Gasteiger partial charge in [-0.3, -0.25) is 0 Å². The van der Waals surface area contributed by atoms with Crippen molar-refractivity contribution in [2.45, 2.75) is 46.5 Å². The molecule has 1 saturated heterocycles. The van der Waals surface area contributed by atoms with E-state index in [2.05, 4.69) is 29.2 Å². The molecule has 1 aromatic rings. The highest BCUT2D eigenvalue weighted by molar-refractivity contribution is 5.58. The van der Waals surface area contributed by atoms with E-state index in [9.17, 15) is 0 Å². The zero-order valence-corrected chi connectivity index (χ0v) is 12.2. The summed E-state index contributed by atoms with van der Waals surface area (Å²) in [6.07, 6.45) is 4.44. The van der Waals surface area contributed by atoms with E-state index in [1.54, 1.807) is 0 Å². The molecule has 0 aromatic carbocycles. The summed E-state index contributed by atoms with van der Waals surface area (Å²) in [5.74, 6) is 9.07. The van der Waals surface area contributed by atoms with Crippen molar-refractivity contribution in [3.63, 3.8) is 0 Å². The van der Waals surface area contributed by atoms with Gasteiger partial charge in [0.15, 0.2) is 0 Å². The molecule has 0 radical (unpaired) electrons. The lowest BCUT2D eigenvalue weighted by molar-refractivity contribution is 0.568. The maximum Gasteiger partial charge on any atom is 0.148 e. The Morgan fingerprint density at radius 1 is 1.37 bits per heavy atom. The average molecular weight is 263 g/mol. The number of hydrogen-bond donors (Lipinski definition) is 2. The lowest BCUT2D eigenvalue weighted by atomic mass is 10.1. The molecule has 2 heterocycles. The second-order valence-corrected chi connectivity index (χ2v) is 5.34. The maximum atomic E-state index is 5.58. The Balaban J connectivity index is 2.30. The highest BCUT2D eigenvalue weighted by Gasteiger charge is 2.24. The highest BCUT2D eigenvalue weighted by Crippen LogP contribution is 2.29. The van der Waals surface area contributed by atoms with Crippen molar-refractivity contribution in [1.29, 1.82) is 0 Å². The summed E-state index contributed by atoms with van der Waals surface area (Å²) in [5.41, 5.74) is 3.76. The molecule has 0 saturated carbocycles. The van der Waals surface area contributed by atoms with Gasteiger partial charge in [0.1, 0.15) is 17.5 Å². The smallest absolute Gasteiger partial charge is 0.148 e. The SMILES string of the molecule is CCCc1nc(NN)c(C)c(N2CCC(CC)C2)n1. The Labute approximate surface area is 115 Å². The Bertz CT molecular complexity index is 432. The zero-order chi connectivity index (χ0) is 13.8. The first-order valence-corrected chi connectivity index (χ1v) is 7.28. The van der Waals surface area contributed by atoms with E-state index in [4.69, 9.17) is 10.8 Å². The molecule has 1 aliphatic rings. The quantitative estimate of drug-likeness (QED) is 0.630. The van der Waals surface area contributed by atoms with Crippen molar-refractivity contribution < 1.29 is 0 Å². The molecule has 1 aromatic heterocycles. The summed E-state index contributed by atoms with van der Waals surface area (Å²) in [6, 6.07) is 0. The lowest BCUT2D eigenvalue weighted by Crippen LogP contribution is -2.24. The molecular formula is C14H25N5. The van der Waals surface area contributed by atoms with Crippen LogP contribution in [-0.2, 0) is 6.42 Å². The van der Waals surface area contributed by atoms with Gasteiger partial charge in [-0.2, -0.15) is 0 Å². The maximum absolute atomic E-state index is 5.58. The minimum Gasteiger partial charge on any atom is -0.356 e. The van der Waals surface area contributed by atoms with Gasteiger partial charge in [-0.15, -0.1) is 0 Å². The topological polar surface area (TPSA) is 67.1 Å². The Morgan fingerprint density at radius 3 is 2.74 bits per heavy atom. The molecule has 2 rings (SSSR count). The number of nitrogens with zero attached hydrogens (tertiary/aromatic N) is 3. The van der Waals surface area contributed by atoms with Gasteiger partial charge in [-0.1, -0.05) is 20.3 Å². The lowest BCUT2D eigenvalue weighted by Gasteiger charge is -2.21. The summed E-state index contributed by atoms with van der Waals surface area (Å²) in [7, 11) is 0. The average Bonchev–Trinajstić information content (AvgIpc) is 2.89. The molecular weight excluding hydrogens is 238 g/mol. The van der Waals surface area contributed by atoms with Crippen molar-refractivity contribution in [3.8, 4) is 0 Å². The minimum atomic E-state index is 0.758. The van der Waals surface area contributed by atoms with Crippen molar-refractivity contribution in [1.82, 2.24) is 9.97 Å². The third-order valence-corrected chi connectivity index (χ3v) is 3.94. The van der Waals surface area contributed by atoms with E-state index >= 15 is 0 Å². The van der Waals surface area contributed by atoms with Crippen LogP contribution >= 0.6 is 0 Å². The molecule has 3 N–H and O–H groups in total. The molecule has 19 heavy (non-hydrogen) atoms. The van der Waals surface area contributed by atoms with Gasteiger partial charge < -0.3 is 10.3 Å². The van der Waals surface area contributed by atoms with Crippen LogP contribution in [0.4, 0.5) is 11.6 Å². The molecule has 1 atom stereocenters. The second-order valence-electron chi connectivity index (χ2n) is 5.34. The molecule has 0 spiro atoms. The van der Waals surface area contributed by atoms with E-state index in [1.807, 2.05) is 6.92 Å². The molecule has 0 bridgehead atoms. The second kappa shape index (κ2) is 6.19. The van der Waals surface area contributed by atoms with Crippen LogP contribution < -0.4 is 16.2 Å². The van der Waals surface area contributed by atoms with Gasteiger partial charge in [0, 0.05) is 25.1 Å². The first-order chi connectivity index (χ1) is 9.19. The zero-order valence-electron chi connectivity index (χ0n) is 12.2. The molecule has 5 nitrogen and oxygen atoms in total. The number of aryl methyl sites for hydroxylation is 1. The Kier molecular flexibility index (Phi) is 4.58. The van der Waals surface area contributed by atoms with E-state index < -0.39 is 0 Å². The molecule has 0 aliphatic carbocycles. The van der Waals surface area contributed by atoms with Gasteiger partial charge in [0.2, 0.25) is 0 Å². The normalized spacial score (nSPS) is 18.9. The van der Waals surface area contributed by atoms with Crippen LogP contribution in [0.1, 0.15) is 44.5 Å². The van der Waals surface area contributed by atoms with Crippen LogP contribution in [-0.4, -0.2) is 23.1 Å². The van der Waals surface area contributed by atoms with Crippen LogP contribution in [0.15, 0.2) is 0 Å². The van der Waals surface area contributed by atoms with Crippen molar-refractivity contribution in [3.05, 3.63) is 11.4 Å². The first-order valence-electron chi connectivity index (χ1n) is 7.28. The third kappa shape index (κ3) is 2.97. The van der Waals surface area contributed by atoms with Crippen LogP contribution in [0.25, 0.3) is 0 Å². The van der Waals surface area contributed by atoms with E-state index in [1.165, 1.54) is 12.8 Å². The summed E-state index contributed by atoms with van der Waals surface area (Å²) in [6.45, 7) is 8.63. The molecule has 106 valence electrons.